The van der Waals surface area contributed by atoms with Crippen molar-refractivity contribution in [1.82, 2.24) is 4.90 Å². The van der Waals surface area contributed by atoms with Gasteiger partial charge in [0.25, 0.3) is 0 Å². The van der Waals surface area contributed by atoms with Gasteiger partial charge in [0.1, 0.15) is 5.82 Å². The normalized spacial score (nSPS) is 15.0. The fourth-order valence-electron chi connectivity index (χ4n) is 2.53. The van der Waals surface area contributed by atoms with Crippen LogP contribution in [-0.4, -0.2) is 30.7 Å². The van der Waals surface area contributed by atoms with Crippen molar-refractivity contribution in [3.63, 3.8) is 0 Å². The average molecular weight is 309 g/mol. The summed E-state index contributed by atoms with van der Waals surface area (Å²) in [5, 5.41) is 0.416. The number of benzene rings is 1. The zero-order chi connectivity index (χ0) is 15.4. The molecule has 0 saturated heterocycles. The molecule has 2 nitrogen and oxygen atoms in total. The van der Waals surface area contributed by atoms with E-state index in [1.165, 1.54) is 24.5 Å². The third-order valence-corrected chi connectivity index (χ3v) is 4.03. The van der Waals surface area contributed by atoms with Crippen LogP contribution in [0.15, 0.2) is 34.5 Å². The van der Waals surface area contributed by atoms with Gasteiger partial charge in [0, 0.05) is 29.2 Å². The second-order valence-electron chi connectivity index (χ2n) is 5.64. The highest BCUT2D eigenvalue weighted by atomic mass is 35.5. The Morgan fingerprint density at radius 1 is 1.38 bits per heavy atom. The molecule has 0 atom stereocenters. The molecule has 0 radical (unpaired) electrons. The van der Waals surface area contributed by atoms with Gasteiger partial charge in [-0.25, -0.2) is 4.39 Å². The summed E-state index contributed by atoms with van der Waals surface area (Å²) < 4.78 is 14.0. The third-order valence-electron chi connectivity index (χ3n) is 3.79. The maximum Gasteiger partial charge on any atom is 0.133 e. The largest absolute Gasteiger partial charge is 0.302 e. The highest BCUT2D eigenvalue weighted by molar-refractivity contribution is 6.30. The lowest BCUT2D eigenvalue weighted by atomic mass is 10.0. The van der Waals surface area contributed by atoms with Crippen molar-refractivity contribution < 1.29 is 4.39 Å². The van der Waals surface area contributed by atoms with Crippen molar-refractivity contribution in [3.8, 4) is 0 Å². The molecule has 0 amide bonds. The molecule has 0 unspecified atom stereocenters. The summed E-state index contributed by atoms with van der Waals surface area (Å²) in [7, 11) is 2.12. The highest BCUT2D eigenvalue weighted by Gasteiger charge is 2.20. The van der Waals surface area contributed by atoms with Crippen LogP contribution in [-0.2, 0) is 0 Å². The summed E-state index contributed by atoms with van der Waals surface area (Å²) in [5.74, 6) is -0.297. The first-order chi connectivity index (χ1) is 10.0. The average Bonchev–Trinajstić information content (AvgIpc) is 2.77. The Morgan fingerprint density at radius 2 is 2.14 bits per heavy atom. The third kappa shape index (κ3) is 4.14. The molecule has 0 spiro atoms. The molecule has 1 aliphatic rings. The Morgan fingerprint density at radius 3 is 2.81 bits per heavy atom. The Kier molecular flexibility index (Phi) is 5.54. The predicted octanol–water partition coefficient (Wildman–Crippen LogP) is 4.68. The second-order valence-corrected chi connectivity index (χ2v) is 6.08. The second kappa shape index (κ2) is 7.19. The SMILES string of the molecule is CCCCN(C)CC1=C(C)N=C(c2ccc(Cl)cc2F)C1. The van der Waals surface area contributed by atoms with Crippen LogP contribution < -0.4 is 0 Å². The van der Waals surface area contributed by atoms with Crippen LogP contribution >= 0.6 is 11.6 Å². The molecule has 0 N–H and O–H groups in total. The van der Waals surface area contributed by atoms with Crippen LogP contribution in [0.25, 0.3) is 0 Å². The highest BCUT2D eigenvalue weighted by Crippen LogP contribution is 2.26. The maximum atomic E-state index is 14.0. The molecule has 114 valence electrons. The van der Waals surface area contributed by atoms with Gasteiger partial charge < -0.3 is 4.90 Å². The minimum atomic E-state index is -0.297. The standard InChI is InChI=1S/C17H22ClFN2/c1-4-5-8-21(3)11-13-9-17(20-12(13)2)15-7-6-14(18)10-16(15)19/h6-7,10H,4-5,8-9,11H2,1-3H3. The molecule has 0 aromatic heterocycles. The molecule has 0 fully saturated rings. The van der Waals surface area contributed by atoms with Crippen molar-refractivity contribution >= 4 is 17.3 Å². The lowest BCUT2D eigenvalue weighted by Gasteiger charge is -2.17. The van der Waals surface area contributed by atoms with Gasteiger partial charge in [0.15, 0.2) is 0 Å². The van der Waals surface area contributed by atoms with E-state index in [9.17, 15) is 4.39 Å². The van der Waals surface area contributed by atoms with Gasteiger partial charge in [-0.2, -0.15) is 0 Å². The minimum Gasteiger partial charge on any atom is -0.302 e. The monoisotopic (exact) mass is 308 g/mol. The lowest BCUT2D eigenvalue weighted by molar-refractivity contribution is 0.353. The first kappa shape index (κ1) is 16.2. The number of likely N-dealkylation sites (N-methyl/N-ethyl adjacent to an activating group) is 1. The van der Waals surface area contributed by atoms with Gasteiger partial charge in [-0.15, -0.1) is 0 Å². The van der Waals surface area contributed by atoms with E-state index in [1.807, 2.05) is 6.92 Å². The Bertz CT molecular complexity index is 578. The van der Waals surface area contributed by atoms with E-state index in [0.29, 0.717) is 10.6 Å². The molecule has 0 bridgehead atoms. The number of allylic oxidation sites excluding steroid dienone is 1. The van der Waals surface area contributed by atoms with Gasteiger partial charge in [-0.05, 0) is 50.7 Å². The number of unbranched alkanes of at least 4 members (excludes halogenated alkanes) is 1. The number of aliphatic imine (C=N–C) groups is 1. The molecule has 0 aliphatic carbocycles. The lowest BCUT2D eigenvalue weighted by Crippen LogP contribution is -2.22. The molecular weight excluding hydrogens is 287 g/mol. The quantitative estimate of drug-likeness (QED) is 0.745. The van der Waals surface area contributed by atoms with E-state index >= 15 is 0 Å². The Labute approximate surface area is 131 Å². The first-order valence-electron chi connectivity index (χ1n) is 7.41. The van der Waals surface area contributed by atoms with Gasteiger partial charge in [0.05, 0.1) is 5.71 Å². The van der Waals surface area contributed by atoms with Gasteiger partial charge in [0.2, 0.25) is 0 Å². The summed E-state index contributed by atoms with van der Waals surface area (Å²) >= 11 is 5.80. The molecule has 1 aromatic rings. The zero-order valence-corrected chi connectivity index (χ0v) is 13.7. The van der Waals surface area contributed by atoms with Crippen molar-refractivity contribution in [2.45, 2.75) is 33.1 Å². The fourth-order valence-corrected chi connectivity index (χ4v) is 2.69. The van der Waals surface area contributed by atoms with E-state index in [-0.39, 0.29) is 5.82 Å². The molecule has 1 aliphatic heterocycles. The van der Waals surface area contributed by atoms with Crippen LogP contribution in [0.1, 0.15) is 38.7 Å². The topological polar surface area (TPSA) is 15.6 Å². The van der Waals surface area contributed by atoms with Crippen LogP contribution in [0.4, 0.5) is 4.39 Å². The van der Waals surface area contributed by atoms with Crippen molar-refractivity contribution in [2.24, 2.45) is 4.99 Å². The number of nitrogens with zero attached hydrogens (tertiary/aromatic N) is 2. The molecule has 4 heteroatoms. The Balaban J connectivity index is 2.04. The summed E-state index contributed by atoms with van der Waals surface area (Å²) in [6, 6.07) is 4.77. The maximum absolute atomic E-state index is 14.0. The number of hydrogen-bond donors (Lipinski definition) is 0. The predicted molar refractivity (Wildman–Crippen MR) is 87.7 cm³/mol. The fraction of sp³-hybridized carbons (Fsp3) is 0.471. The number of halogens is 2. The van der Waals surface area contributed by atoms with E-state index in [4.69, 9.17) is 11.6 Å². The van der Waals surface area contributed by atoms with Crippen LogP contribution in [0.3, 0.4) is 0 Å². The van der Waals surface area contributed by atoms with E-state index in [0.717, 1.165) is 30.9 Å². The van der Waals surface area contributed by atoms with Gasteiger partial charge in [-0.1, -0.05) is 24.9 Å². The molecule has 1 aromatic carbocycles. The first-order valence-corrected chi connectivity index (χ1v) is 7.79. The summed E-state index contributed by atoms with van der Waals surface area (Å²) in [5.41, 5.74) is 3.66. The minimum absolute atomic E-state index is 0.297. The number of rotatable bonds is 6. The summed E-state index contributed by atoms with van der Waals surface area (Å²) in [6.07, 6.45) is 3.11. The smallest absolute Gasteiger partial charge is 0.133 e. The molecule has 1 heterocycles. The number of hydrogen-bond acceptors (Lipinski definition) is 2. The molecule has 0 saturated carbocycles. The molecular formula is C17H22ClFN2. The van der Waals surface area contributed by atoms with Gasteiger partial charge >= 0.3 is 0 Å². The Hall–Kier alpha value is -1.19. The van der Waals surface area contributed by atoms with Crippen molar-refractivity contribution in [2.75, 3.05) is 20.1 Å². The van der Waals surface area contributed by atoms with Crippen LogP contribution in [0.5, 0.6) is 0 Å². The van der Waals surface area contributed by atoms with Crippen molar-refractivity contribution in [3.05, 3.63) is 45.9 Å². The van der Waals surface area contributed by atoms with Crippen LogP contribution in [0.2, 0.25) is 5.02 Å². The van der Waals surface area contributed by atoms with Crippen LogP contribution in [0, 0.1) is 5.82 Å². The summed E-state index contributed by atoms with van der Waals surface area (Å²) in [4.78, 5) is 6.86. The molecule has 21 heavy (non-hydrogen) atoms. The van der Waals surface area contributed by atoms with E-state index < -0.39 is 0 Å². The molecule has 2 rings (SSSR count). The summed E-state index contributed by atoms with van der Waals surface area (Å²) in [6.45, 7) is 6.17. The van der Waals surface area contributed by atoms with E-state index in [2.05, 4.69) is 23.9 Å². The van der Waals surface area contributed by atoms with Crippen molar-refractivity contribution in [1.29, 1.82) is 0 Å². The zero-order valence-electron chi connectivity index (χ0n) is 12.9. The van der Waals surface area contributed by atoms with Gasteiger partial charge in [-0.3, -0.25) is 4.99 Å². The van der Waals surface area contributed by atoms with E-state index in [1.54, 1.807) is 12.1 Å².